The molecular formula is C12H12N4O. The van der Waals surface area contributed by atoms with E-state index in [-0.39, 0.29) is 0 Å². The number of aromatic nitrogens is 3. The molecule has 0 aliphatic carbocycles. The highest BCUT2D eigenvalue weighted by atomic mass is 16.3. The van der Waals surface area contributed by atoms with Crippen molar-refractivity contribution >= 4 is 17.0 Å². The molecule has 5 heteroatoms. The number of pyridine rings is 1. The first-order valence-corrected chi connectivity index (χ1v) is 5.31. The summed E-state index contributed by atoms with van der Waals surface area (Å²) in [5.74, 6) is 1.67. The zero-order chi connectivity index (χ0) is 11.8. The second-order valence-electron chi connectivity index (χ2n) is 4.03. The molecule has 3 heterocycles. The average Bonchev–Trinajstić information content (AvgIpc) is 2.96. The van der Waals surface area contributed by atoms with Crippen molar-refractivity contribution in [3.05, 3.63) is 30.7 Å². The first-order valence-electron chi connectivity index (χ1n) is 5.31. The van der Waals surface area contributed by atoms with Crippen LogP contribution < -0.4 is 4.90 Å². The Morgan fingerprint density at radius 1 is 1.18 bits per heavy atom. The highest BCUT2D eigenvalue weighted by Gasteiger charge is 2.08. The third kappa shape index (κ3) is 1.65. The lowest BCUT2D eigenvalue weighted by molar-refractivity contribution is 0.568. The fraction of sp³-hybridized carbons (Fsp3) is 0.167. The summed E-state index contributed by atoms with van der Waals surface area (Å²) < 4.78 is 5.04. The number of fused-ring (bicyclic) bond motifs is 1. The molecule has 1 N–H and O–H groups in total. The van der Waals surface area contributed by atoms with E-state index in [9.17, 15) is 0 Å². The Morgan fingerprint density at radius 2 is 2.06 bits per heavy atom. The maximum absolute atomic E-state index is 5.04. The van der Waals surface area contributed by atoms with Crippen molar-refractivity contribution in [1.29, 1.82) is 0 Å². The van der Waals surface area contributed by atoms with E-state index >= 15 is 0 Å². The zero-order valence-electron chi connectivity index (χ0n) is 9.64. The van der Waals surface area contributed by atoms with Crippen LogP contribution in [0.4, 0.5) is 5.82 Å². The summed E-state index contributed by atoms with van der Waals surface area (Å²) in [5.41, 5.74) is 2.56. The Kier molecular flexibility index (Phi) is 2.11. The number of imidazole rings is 1. The second kappa shape index (κ2) is 3.62. The van der Waals surface area contributed by atoms with Gasteiger partial charge < -0.3 is 14.3 Å². The molecule has 0 bridgehead atoms. The Bertz CT molecular complexity index is 640. The minimum Gasteiger partial charge on any atom is -0.472 e. The van der Waals surface area contributed by atoms with Crippen molar-refractivity contribution in [3.63, 3.8) is 0 Å². The molecule has 0 amide bonds. The summed E-state index contributed by atoms with van der Waals surface area (Å²) in [6.45, 7) is 0. The van der Waals surface area contributed by atoms with Gasteiger partial charge in [-0.1, -0.05) is 0 Å². The molecule has 0 aliphatic heterocycles. The number of aromatic amines is 1. The highest BCUT2D eigenvalue weighted by molar-refractivity contribution is 5.77. The van der Waals surface area contributed by atoms with Crippen LogP contribution in [-0.2, 0) is 0 Å². The molecule has 17 heavy (non-hydrogen) atoms. The first-order chi connectivity index (χ1) is 8.24. The van der Waals surface area contributed by atoms with Gasteiger partial charge in [0.05, 0.1) is 17.3 Å². The van der Waals surface area contributed by atoms with Crippen LogP contribution in [0.25, 0.3) is 22.6 Å². The van der Waals surface area contributed by atoms with Gasteiger partial charge in [0.1, 0.15) is 17.9 Å². The van der Waals surface area contributed by atoms with E-state index < -0.39 is 0 Å². The molecule has 0 aromatic carbocycles. The van der Waals surface area contributed by atoms with E-state index in [0.717, 1.165) is 22.7 Å². The quantitative estimate of drug-likeness (QED) is 0.731. The van der Waals surface area contributed by atoms with E-state index in [4.69, 9.17) is 4.42 Å². The predicted octanol–water partition coefficient (Wildman–Crippen LogP) is 2.28. The summed E-state index contributed by atoms with van der Waals surface area (Å²) in [6.07, 6.45) is 3.28. The monoisotopic (exact) mass is 228 g/mol. The van der Waals surface area contributed by atoms with Gasteiger partial charge in [0.15, 0.2) is 5.65 Å². The molecule has 3 aromatic heterocycles. The van der Waals surface area contributed by atoms with Crippen molar-refractivity contribution in [2.75, 3.05) is 19.0 Å². The Labute approximate surface area is 98.1 Å². The Morgan fingerprint density at radius 3 is 2.76 bits per heavy atom. The molecule has 86 valence electrons. The van der Waals surface area contributed by atoms with Gasteiger partial charge in [0.2, 0.25) is 0 Å². The molecule has 0 atom stereocenters. The van der Waals surface area contributed by atoms with Gasteiger partial charge in [0.25, 0.3) is 0 Å². The van der Waals surface area contributed by atoms with Crippen molar-refractivity contribution in [3.8, 4) is 11.4 Å². The van der Waals surface area contributed by atoms with Crippen LogP contribution in [0, 0.1) is 0 Å². The maximum Gasteiger partial charge on any atom is 0.180 e. The molecule has 0 fully saturated rings. The van der Waals surface area contributed by atoms with Gasteiger partial charge in [0, 0.05) is 14.1 Å². The standard InChI is InChI=1S/C12H12N4O/c1-16(2)10-4-3-9-12(14-10)15-11(13-9)8-5-6-17-7-8/h3-7H,1-2H3,(H,13,14,15). The maximum atomic E-state index is 5.04. The van der Waals surface area contributed by atoms with Gasteiger partial charge in [-0.2, -0.15) is 0 Å². The lowest BCUT2D eigenvalue weighted by Gasteiger charge is -2.09. The van der Waals surface area contributed by atoms with E-state index in [1.807, 2.05) is 37.2 Å². The molecule has 0 spiro atoms. The molecule has 5 nitrogen and oxygen atoms in total. The molecule has 0 unspecified atom stereocenters. The van der Waals surface area contributed by atoms with Gasteiger partial charge in [-0.15, -0.1) is 0 Å². The predicted molar refractivity (Wildman–Crippen MR) is 65.9 cm³/mol. The third-order valence-electron chi connectivity index (χ3n) is 2.58. The number of nitrogens with zero attached hydrogens (tertiary/aromatic N) is 3. The van der Waals surface area contributed by atoms with Crippen molar-refractivity contribution in [2.45, 2.75) is 0 Å². The van der Waals surface area contributed by atoms with Gasteiger partial charge in [-0.3, -0.25) is 0 Å². The number of nitrogens with one attached hydrogen (secondary N) is 1. The normalized spacial score (nSPS) is 10.9. The van der Waals surface area contributed by atoms with Gasteiger partial charge in [-0.05, 0) is 18.2 Å². The summed E-state index contributed by atoms with van der Waals surface area (Å²) in [5, 5.41) is 0. The fourth-order valence-electron chi connectivity index (χ4n) is 1.67. The molecule has 0 radical (unpaired) electrons. The summed E-state index contributed by atoms with van der Waals surface area (Å²) in [7, 11) is 3.91. The number of hydrogen-bond acceptors (Lipinski definition) is 4. The van der Waals surface area contributed by atoms with Crippen LogP contribution in [0.5, 0.6) is 0 Å². The van der Waals surface area contributed by atoms with Crippen LogP contribution >= 0.6 is 0 Å². The van der Waals surface area contributed by atoms with E-state index in [0.29, 0.717) is 5.65 Å². The van der Waals surface area contributed by atoms with E-state index in [1.54, 1.807) is 12.5 Å². The topological polar surface area (TPSA) is 58.0 Å². The van der Waals surface area contributed by atoms with Crippen molar-refractivity contribution in [2.24, 2.45) is 0 Å². The van der Waals surface area contributed by atoms with E-state index in [1.165, 1.54) is 0 Å². The van der Waals surface area contributed by atoms with Crippen LogP contribution in [0.1, 0.15) is 0 Å². The lowest BCUT2D eigenvalue weighted by Crippen LogP contribution is -2.10. The van der Waals surface area contributed by atoms with Crippen LogP contribution in [-0.4, -0.2) is 29.0 Å². The van der Waals surface area contributed by atoms with Crippen molar-refractivity contribution in [1.82, 2.24) is 15.0 Å². The SMILES string of the molecule is CN(C)c1ccc2[nH]c(-c3ccoc3)nc2n1. The summed E-state index contributed by atoms with van der Waals surface area (Å²) in [6, 6.07) is 5.80. The molecule has 0 aliphatic rings. The minimum atomic E-state index is 0.715. The minimum absolute atomic E-state index is 0.715. The number of anilines is 1. The smallest absolute Gasteiger partial charge is 0.180 e. The molecule has 3 aromatic rings. The highest BCUT2D eigenvalue weighted by Crippen LogP contribution is 2.21. The second-order valence-corrected chi connectivity index (χ2v) is 4.03. The van der Waals surface area contributed by atoms with Crippen LogP contribution in [0.3, 0.4) is 0 Å². The molecule has 0 saturated carbocycles. The zero-order valence-corrected chi connectivity index (χ0v) is 9.64. The van der Waals surface area contributed by atoms with Crippen LogP contribution in [0.2, 0.25) is 0 Å². The Balaban J connectivity index is 2.13. The summed E-state index contributed by atoms with van der Waals surface area (Å²) >= 11 is 0. The van der Waals surface area contributed by atoms with Crippen LogP contribution in [0.15, 0.2) is 35.1 Å². The fourth-order valence-corrected chi connectivity index (χ4v) is 1.67. The summed E-state index contributed by atoms with van der Waals surface area (Å²) in [4.78, 5) is 14.1. The average molecular weight is 228 g/mol. The van der Waals surface area contributed by atoms with Gasteiger partial charge in [-0.25, -0.2) is 9.97 Å². The lowest BCUT2D eigenvalue weighted by atomic mass is 10.3. The number of rotatable bonds is 2. The number of hydrogen-bond donors (Lipinski definition) is 1. The first kappa shape index (κ1) is 9.89. The Hall–Kier alpha value is -2.30. The number of H-pyrrole nitrogens is 1. The largest absolute Gasteiger partial charge is 0.472 e. The van der Waals surface area contributed by atoms with Crippen molar-refractivity contribution < 1.29 is 4.42 Å². The molecular weight excluding hydrogens is 216 g/mol. The van der Waals surface area contributed by atoms with Gasteiger partial charge >= 0.3 is 0 Å². The number of furan rings is 1. The third-order valence-corrected chi connectivity index (χ3v) is 2.58. The molecule has 3 rings (SSSR count). The molecule has 0 saturated heterocycles. The van der Waals surface area contributed by atoms with E-state index in [2.05, 4.69) is 15.0 Å².